The quantitative estimate of drug-likeness (QED) is 0.710. The van der Waals surface area contributed by atoms with Crippen LogP contribution in [0.15, 0.2) is 11.8 Å². The molecule has 0 spiro atoms. The van der Waals surface area contributed by atoms with E-state index < -0.39 is 0 Å². The summed E-state index contributed by atoms with van der Waals surface area (Å²) in [5.74, 6) is 0.293. The lowest BCUT2D eigenvalue weighted by Gasteiger charge is -2.44. The third-order valence-corrected chi connectivity index (χ3v) is 3.25. The van der Waals surface area contributed by atoms with E-state index in [1.54, 1.807) is 0 Å². The summed E-state index contributed by atoms with van der Waals surface area (Å²) in [4.78, 5) is 14.1. The second-order valence-corrected chi connectivity index (χ2v) is 5.35. The SMILES string of the molecule is CCCCN1C(CCC)=CC(=O)CC1(C)C. The van der Waals surface area contributed by atoms with E-state index in [0.29, 0.717) is 12.2 Å². The minimum absolute atomic E-state index is 0.00546. The summed E-state index contributed by atoms with van der Waals surface area (Å²) in [6, 6.07) is 0. The number of hydrogen-bond donors (Lipinski definition) is 0. The fourth-order valence-corrected chi connectivity index (χ4v) is 2.45. The molecule has 0 bridgehead atoms. The molecule has 92 valence electrons. The lowest BCUT2D eigenvalue weighted by atomic mass is 9.89. The number of ketones is 1. The highest BCUT2D eigenvalue weighted by Crippen LogP contribution is 2.31. The Kier molecular flexibility index (Phi) is 4.57. The Morgan fingerprint density at radius 1 is 1.31 bits per heavy atom. The van der Waals surface area contributed by atoms with Crippen LogP contribution in [0.2, 0.25) is 0 Å². The van der Waals surface area contributed by atoms with Crippen LogP contribution in [0.3, 0.4) is 0 Å². The first-order chi connectivity index (χ1) is 7.51. The van der Waals surface area contributed by atoms with Gasteiger partial charge in [-0.1, -0.05) is 26.7 Å². The maximum atomic E-state index is 11.7. The van der Waals surface area contributed by atoms with Crippen molar-refractivity contribution in [2.45, 2.75) is 65.3 Å². The molecular formula is C14H25NO. The summed E-state index contributed by atoms with van der Waals surface area (Å²) in [5.41, 5.74) is 1.25. The summed E-state index contributed by atoms with van der Waals surface area (Å²) < 4.78 is 0. The van der Waals surface area contributed by atoms with Gasteiger partial charge in [0.15, 0.2) is 5.78 Å². The van der Waals surface area contributed by atoms with Crippen LogP contribution in [0.1, 0.15) is 59.8 Å². The molecule has 16 heavy (non-hydrogen) atoms. The molecular weight excluding hydrogens is 198 g/mol. The molecule has 0 amide bonds. The molecule has 2 nitrogen and oxygen atoms in total. The second-order valence-electron chi connectivity index (χ2n) is 5.35. The van der Waals surface area contributed by atoms with Crippen LogP contribution in [-0.2, 0) is 4.79 Å². The number of carbonyl (C=O) groups is 1. The molecule has 0 saturated heterocycles. The molecule has 1 aliphatic heterocycles. The van der Waals surface area contributed by atoms with Crippen molar-refractivity contribution in [3.63, 3.8) is 0 Å². The molecule has 1 rings (SSSR count). The van der Waals surface area contributed by atoms with Crippen molar-refractivity contribution in [3.05, 3.63) is 11.8 Å². The molecule has 2 heteroatoms. The predicted octanol–water partition coefficient (Wildman–Crippen LogP) is 3.52. The summed E-state index contributed by atoms with van der Waals surface area (Å²) in [6.07, 6.45) is 7.07. The van der Waals surface area contributed by atoms with E-state index in [1.165, 1.54) is 18.5 Å². The van der Waals surface area contributed by atoms with E-state index in [2.05, 4.69) is 32.6 Å². The van der Waals surface area contributed by atoms with Crippen molar-refractivity contribution in [3.8, 4) is 0 Å². The van der Waals surface area contributed by atoms with Crippen LogP contribution in [0, 0.1) is 0 Å². The predicted molar refractivity (Wildman–Crippen MR) is 68.3 cm³/mol. The molecule has 0 aromatic heterocycles. The summed E-state index contributed by atoms with van der Waals surface area (Å²) >= 11 is 0. The van der Waals surface area contributed by atoms with Gasteiger partial charge in [-0.3, -0.25) is 4.79 Å². The van der Waals surface area contributed by atoms with Gasteiger partial charge in [-0.25, -0.2) is 0 Å². The first-order valence-electron chi connectivity index (χ1n) is 6.52. The molecule has 0 aliphatic carbocycles. The van der Waals surface area contributed by atoms with E-state index in [0.717, 1.165) is 19.4 Å². The van der Waals surface area contributed by atoms with Gasteiger partial charge >= 0.3 is 0 Å². The molecule has 1 aliphatic rings. The largest absolute Gasteiger partial charge is 0.369 e. The average molecular weight is 223 g/mol. The number of rotatable bonds is 5. The molecule has 0 atom stereocenters. The minimum Gasteiger partial charge on any atom is -0.369 e. The number of hydrogen-bond acceptors (Lipinski definition) is 2. The molecule has 0 N–H and O–H groups in total. The van der Waals surface area contributed by atoms with E-state index in [9.17, 15) is 4.79 Å². The van der Waals surface area contributed by atoms with Gasteiger partial charge in [-0.05, 0) is 26.7 Å². The van der Waals surface area contributed by atoms with Gasteiger partial charge in [-0.15, -0.1) is 0 Å². The Morgan fingerprint density at radius 2 is 2.00 bits per heavy atom. The van der Waals surface area contributed by atoms with Gasteiger partial charge in [0.25, 0.3) is 0 Å². The zero-order valence-corrected chi connectivity index (χ0v) is 11.2. The van der Waals surface area contributed by atoms with Crippen molar-refractivity contribution in [1.82, 2.24) is 4.90 Å². The van der Waals surface area contributed by atoms with Gasteiger partial charge in [0.2, 0.25) is 0 Å². The van der Waals surface area contributed by atoms with Crippen LogP contribution in [0.4, 0.5) is 0 Å². The number of allylic oxidation sites excluding steroid dienone is 2. The molecule has 0 aromatic rings. The summed E-state index contributed by atoms with van der Waals surface area (Å²) in [7, 11) is 0. The van der Waals surface area contributed by atoms with Crippen molar-refractivity contribution >= 4 is 5.78 Å². The molecule has 0 radical (unpaired) electrons. The highest BCUT2D eigenvalue weighted by molar-refractivity contribution is 5.92. The lowest BCUT2D eigenvalue weighted by Crippen LogP contribution is -2.47. The molecule has 0 unspecified atom stereocenters. The molecule has 0 saturated carbocycles. The Bertz CT molecular complexity index is 278. The number of unbranched alkanes of at least 4 members (excludes halogenated alkanes) is 1. The Labute approximate surface area is 99.7 Å². The maximum absolute atomic E-state index is 11.7. The number of carbonyl (C=O) groups excluding carboxylic acids is 1. The van der Waals surface area contributed by atoms with Gasteiger partial charge in [0.05, 0.1) is 0 Å². The fraction of sp³-hybridized carbons (Fsp3) is 0.786. The Hall–Kier alpha value is -0.790. The first kappa shape index (κ1) is 13.3. The zero-order valence-electron chi connectivity index (χ0n) is 11.2. The van der Waals surface area contributed by atoms with Crippen LogP contribution in [-0.4, -0.2) is 22.8 Å². The molecule has 0 fully saturated rings. The average Bonchev–Trinajstić information content (AvgIpc) is 2.15. The topological polar surface area (TPSA) is 20.3 Å². The number of nitrogens with zero attached hydrogens (tertiary/aromatic N) is 1. The summed E-state index contributed by atoms with van der Waals surface area (Å²) in [6.45, 7) is 9.84. The Morgan fingerprint density at radius 3 is 2.56 bits per heavy atom. The standard InChI is InChI=1S/C14H25NO/c1-5-7-9-15-12(8-6-2)10-13(16)11-14(15,3)4/h10H,5-9,11H2,1-4H3. The van der Waals surface area contributed by atoms with Gasteiger partial charge in [0, 0.05) is 30.3 Å². The van der Waals surface area contributed by atoms with Gasteiger partial charge in [0.1, 0.15) is 0 Å². The lowest BCUT2D eigenvalue weighted by molar-refractivity contribution is -0.118. The second kappa shape index (κ2) is 5.51. The normalized spacial score (nSPS) is 19.9. The third-order valence-electron chi connectivity index (χ3n) is 3.25. The van der Waals surface area contributed by atoms with Crippen molar-refractivity contribution in [2.24, 2.45) is 0 Å². The van der Waals surface area contributed by atoms with Crippen LogP contribution >= 0.6 is 0 Å². The smallest absolute Gasteiger partial charge is 0.159 e. The van der Waals surface area contributed by atoms with Gasteiger partial charge in [-0.2, -0.15) is 0 Å². The fourth-order valence-electron chi connectivity index (χ4n) is 2.45. The molecule has 1 heterocycles. The van der Waals surface area contributed by atoms with Crippen molar-refractivity contribution < 1.29 is 4.79 Å². The third kappa shape index (κ3) is 3.10. The van der Waals surface area contributed by atoms with Crippen LogP contribution < -0.4 is 0 Å². The van der Waals surface area contributed by atoms with Crippen molar-refractivity contribution in [2.75, 3.05) is 6.54 Å². The van der Waals surface area contributed by atoms with E-state index in [4.69, 9.17) is 0 Å². The zero-order chi connectivity index (χ0) is 12.2. The van der Waals surface area contributed by atoms with Crippen LogP contribution in [0.5, 0.6) is 0 Å². The van der Waals surface area contributed by atoms with E-state index >= 15 is 0 Å². The van der Waals surface area contributed by atoms with Gasteiger partial charge < -0.3 is 4.90 Å². The Balaban J connectivity index is 2.85. The van der Waals surface area contributed by atoms with Crippen LogP contribution in [0.25, 0.3) is 0 Å². The molecule has 0 aromatic carbocycles. The minimum atomic E-state index is 0.00546. The highest BCUT2D eigenvalue weighted by Gasteiger charge is 2.33. The summed E-state index contributed by atoms with van der Waals surface area (Å²) in [5, 5.41) is 0. The first-order valence-corrected chi connectivity index (χ1v) is 6.52. The van der Waals surface area contributed by atoms with E-state index in [-0.39, 0.29) is 5.54 Å². The van der Waals surface area contributed by atoms with E-state index in [1.807, 2.05) is 6.08 Å². The highest BCUT2D eigenvalue weighted by atomic mass is 16.1. The maximum Gasteiger partial charge on any atom is 0.159 e. The van der Waals surface area contributed by atoms with Crippen molar-refractivity contribution in [1.29, 1.82) is 0 Å². The monoisotopic (exact) mass is 223 g/mol.